The molecule has 1 N–H and O–H groups in total. The number of aryl methyl sites for hydroxylation is 2. The molecule has 13 heteroatoms. The van der Waals surface area contributed by atoms with Crippen LogP contribution in [0.1, 0.15) is 28.0 Å². The van der Waals surface area contributed by atoms with E-state index in [-0.39, 0.29) is 18.2 Å². The smallest absolute Gasteiger partial charge is 0.251 e. The topological polar surface area (TPSA) is 119 Å². The normalized spacial score (nSPS) is 11.4. The van der Waals surface area contributed by atoms with Gasteiger partial charge < -0.3 is 29.3 Å². The Balaban J connectivity index is 1.59. The van der Waals surface area contributed by atoms with Gasteiger partial charge in [-0.3, -0.25) is 9.59 Å². The van der Waals surface area contributed by atoms with Gasteiger partial charge in [0, 0.05) is 47.8 Å². The van der Waals surface area contributed by atoms with Gasteiger partial charge in [-0.25, -0.2) is 15.0 Å². The van der Waals surface area contributed by atoms with E-state index < -0.39 is 11.9 Å². The maximum Gasteiger partial charge on any atom is 0.251 e. The summed E-state index contributed by atoms with van der Waals surface area (Å²) in [5.74, 6) is 0.293. The Morgan fingerprint density at radius 1 is 0.860 bits per heavy atom. The second-order valence-electron chi connectivity index (χ2n) is 11.5. The predicted molar refractivity (Wildman–Crippen MR) is 199 cm³/mol. The number of aromatic nitrogens is 3. The molecule has 5 rings (SSSR count). The molecule has 0 saturated heterocycles. The maximum absolute atomic E-state index is 14.5. The molecule has 0 unspecified atom stereocenters. The highest BCUT2D eigenvalue weighted by Crippen LogP contribution is 2.41. The number of nitrogens with zero attached hydrogens (tertiary/aromatic N) is 5. The molecule has 260 valence electrons. The molecule has 0 aliphatic carbocycles. The molecule has 0 saturated carbocycles. The fourth-order valence-corrected chi connectivity index (χ4v) is 6.98. The maximum atomic E-state index is 14.5. The number of benzene rings is 3. The Morgan fingerprint density at radius 3 is 2.08 bits per heavy atom. The average molecular weight is 713 g/mol. The van der Waals surface area contributed by atoms with E-state index in [9.17, 15) is 9.59 Å². The molecule has 11 nitrogen and oxygen atoms in total. The van der Waals surface area contributed by atoms with E-state index in [1.807, 2.05) is 98.9 Å². The lowest BCUT2D eigenvalue weighted by Gasteiger charge is -2.31. The molecule has 2 heterocycles. The summed E-state index contributed by atoms with van der Waals surface area (Å²) in [5.41, 5.74) is 5.35. The first-order chi connectivity index (χ1) is 24.1. The summed E-state index contributed by atoms with van der Waals surface area (Å²) in [6.45, 7) is 3.82. The molecule has 0 spiro atoms. The lowest BCUT2D eigenvalue weighted by atomic mass is 10.0. The number of carbonyl (C=O) groups is 2. The number of hydrogen-bond acceptors (Lipinski definition) is 11. The van der Waals surface area contributed by atoms with E-state index >= 15 is 0 Å². The van der Waals surface area contributed by atoms with Crippen LogP contribution in [0.3, 0.4) is 0 Å². The first-order valence-corrected chi connectivity index (χ1v) is 17.6. The number of anilines is 2. The SMILES string of the molecule is COc1cc([C@@H](C(=O)Nc2ccc(N(C)C)cc2)N(Cc2nc(-c3ccccc3)cs2)C(=O)CSc2nc(C)cc(C)n2)cc(OC)c1OC. The molecule has 50 heavy (non-hydrogen) atoms. The Bertz CT molecular complexity index is 1890. The number of thioether (sulfide) groups is 1. The van der Waals surface area contributed by atoms with Crippen molar-refractivity contribution in [1.82, 2.24) is 19.9 Å². The van der Waals surface area contributed by atoms with Gasteiger partial charge in [-0.1, -0.05) is 42.1 Å². The number of rotatable bonds is 14. The number of nitrogens with one attached hydrogen (secondary N) is 1. The molecule has 0 fully saturated rings. The average Bonchev–Trinajstić information content (AvgIpc) is 3.58. The van der Waals surface area contributed by atoms with Crippen LogP contribution in [-0.4, -0.2) is 72.8 Å². The van der Waals surface area contributed by atoms with Crippen molar-refractivity contribution in [2.75, 3.05) is 51.4 Å². The van der Waals surface area contributed by atoms with Gasteiger partial charge in [-0.2, -0.15) is 0 Å². The van der Waals surface area contributed by atoms with Gasteiger partial charge in [0.2, 0.25) is 11.7 Å². The first kappa shape index (κ1) is 36.1. The molecular formula is C37H40N6O5S2. The van der Waals surface area contributed by atoms with Crippen LogP contribution in [0.4, 0.5) is 11.4 Å². The zero-order valence-electron chi connectivity index (χ0n) is 29.1. The minimum Gasteiger partial charge on any atom is -0.493 e. The first-order valence-electron chi connectivity index (χ1n) is 15.7. The van der Waals surface area contributed by atoms with Crippen LogP contribution in [0.5, 0.6) is 17.2 Å². The third-order valence-electron chi connectivity index (χ3n) is 7.75. The third kappa shape index (κ3) is 8.71. The van der Waals surface area contributed by atoms with Gasteiger partial charge in [-0.15, -0.1) is 11.3 Å². The zero-order chi connectivity index (χ0) is 35.8. The van der Waals surface area contributed by atoms with Crippen LogP contribution in [0.2, 0.25) is 0 Å². The van der Waals surface area contributed by atoms with Crippen molar-refractivity contribution in [3.63, 3.8) is 0 Å². The zero-order valence-corrected chi connectivity index (χ0v) is 30.7. The summed E-state index contributed by atoms with van der Waals surface area (Å²) in [4.78, 5) is 46.4. The third-order valence-corrected chi connectivity index (χ3v) is 9.41. The van der Waals surface area contributed by atoms with Crippen LogP contribution in [0, 0.1) is 13.8 Å². The van der Waals surface area contributed by atoms with Crippen LogP contribution >= 0.6 is 23.1 Å². The Hall–Kier alpha value is -5.14. The van der Waals surface area contributed by atoms with Crippen molar-refractivity contribution in [3.05, 3.63) is 100 Å². The number of amides is 2. The lowest BCUT2D eigenvalue weighted by molar-refractivity contribution is -0.137. The standard InChI is InChI=1S/C37H40N6O5S2/c1-23-17-24(2)39-37(38-23)50-22-33(44)43(20-32-41-29(21-49-32)25-11-9-8-10-12-25)34(26-18-30(46-5)35(48-7)31(19-26)47-6)36(45)40-27-13-15-28(16-14-27)42(3)4/h8-19,21,34H,20,22H2,1-7H3,(H,40,45)/t34-/m0/s1. The largest absolute Gasteiger partial charge is 0.493 e. The van der Waals surface area contributed by atoms with Crippen molar-refractivity contribution < 1.29 is 23.8 Å². The minimum absolute atomic E-state index is 0.0223. The van der Waals surface area contributed by atoms with E-state index in [1.165, 1.54) is 49.3 Å². The van der Waals surface area contributed by atoms with Gasteiger partial charge in [0.15, 0.2) is 16.7 Å². The molecule has 3 aromatic carbocycles. The van der Waals surface area contributed by atoms with Crippen LogP contribution in [0.15, 0.2) is 83.3 Å². The highest BCUT2D eigenvalue weighted by molar-refractivity contribution is 7.99. The highest BCUT2D eigenvalue weighted by Gasteiger charge is 2.34. The van der Waals surface area contributed by atoms with Gasteiger partial charge in [0.25, 0.3) is 5.91 Å². The number of carbonyl (C=O) groups excluding carboxylic acids is 2. The van der Waals surface area contributed by atoms with Crippen molar-refractivity contribution in [2.45, 2.75) is 31.6 Å². The highest BCUT2D eigenvalue weighted by atomic mass is 32.2. The quantitative estimate of drug-likeness (QED) is 0.0972. The predicted octanol–water partition coefficient (Wildman–Crippen LogP) is 6.81. The molecule has 0 bridgehead atoms. The summed E-state index contributed by atoms with van der Waals surface area (Å²) in [6.07, 6.45) is 0. The molecule has 0 aliphatic heterocycles. The molecule has 2 aromatic heterocycles. The van der Waals surface area contributed by atoms with Crippen LogP contribution in [-0.2, 0) is 16.1 Å². The molecule has 5 aromatic rings. The molecule has 0 aliphatic rings. The summed E-state index contributed by atoms with van der Waals surface area (Å²) in [7, 11) is 8.41. The summed E-state index contributed by atoms with van der Waals surface area (Å²) >= 11 is 2.64. The van der Waals surface area contributed by atoms with E-state index in [1.54, 1.807) is 12.1 Å². The second-order valence-corrected chi connectivity index (χ2v) is 13.4. The monoisotopic (exact) mass is 712 g/mol. The Morgan fingerprint density at radius 2 is 1.50 bits per heavy atom. The summed E-state index contributed by atoms with van der Waals surface area (Å²) in [5, 5.41) is 6.12. The minimum atomic E-state index is -1.13. The van der Waals surface area contributed by atoms with Crippen molar-refractivity contribution in [1.29, 1.82) is 0 Å². The van der Waals surface area contributed by atoms with Gasteiger partial charge in [0.05, 0.1) is 39.3 Å². The van der Waals surface area contributed by atoms with Gasteiger partial charge in [-0.05, 0) is 61.9 Å². The lowest BCUT2D eigenvalue weighted by Crippen LogP contribution is -2.42. The fraction of sp³-hybridized carbons (Fsp3) is 0.270. The van der Waals surface area contributed by atoms with E-state index in [0.717, 1.165) is 28.3 Å². The molecule has 0 radical (unpaired) electrons. The Kier molecular flexibility index (Phi) is 11.9. The Labute approximate surface area is 300 Å². The van der Waals surface area contributed by atoms with Crippen LogP contribution < -0.4 is 24.4 Å². The number of thiazole rings is 1. The molecule has 1 atom stereocenters. The van der Waals surface area contributed by atoms with E-state index in [2.05, 4.69) is 15.3 Å². The van der Waals surface area contributed by atoms with Gasteiger partial charge in [0.1, 0.15) is 11.0 Å². The summed E-state index contributed by atoms with van der Waals surface area (Å²) < 4.78 is 16.9. The number of ether oxygens (including phenoxy) is 3. The fourth-order valence-electron chi connectivity index (χ4n) is 5.35. The van der Waals surface area contributed by atoms with Crippen molar-refractivity contribution in [3.8, 4) is 28.5 Å². The van der Waals surface area contributed by atoms with E-state index in [0.29, 0.717) is 38.7 Å². The second kappa shape index (κ2) is 16.5. The van der Waals surface area contributed by atoms with E-state index in [4.69, 9.17) is 19.2 Å². The molecular weight excluding hydrogens is 673 g/mol. The van der Waals surface area contributed by atoms with Gasteiger partial charge >= 0.3 is 0 Å². The van der Waals surface area contributed by atoms with Crippen molar-refractivity contribution >= 4 is 46.3 Å². The van der Waals surface area contributed by atoms with Crippen molar-refractivity contribution in [2.24, 2.45) is 0 Å². The number of hydrogen-bond donors (Lipinski definition) is 1. The van der Waals surface area contributed by atoms with Crippen LogP contribution in [0.25, 0.3) is 11.3 Å². The summed E-state index contributed by atoms with van der Waals surface area (Å²) in [6, 6.07) is 21.4. The number of methoxy groups -OCH3 is 3. The molecule has 2 amide bonds.